The summed E-state index contributed by atoms with van der Waals surface area (Å²) in [7, 11) is 0.465. The van der Waals surface area contributed by atoms with E-state index in [1.165, 1.54) is 9.87 Å². The molecular formula is C25H35N3O3S. The molecule has 1 heterocycles. The van der Waals surface area contributed by atoms with Gasteiger partial charge in [-0.1, -0.05) is 36.4 Å². The van der Waals surface area contributed by atoms with Gasteiger partial charge in [-0.2, -0.15) is 4.31 Å². The standard InChI is InChI=1S/C25H35N3O3S/c1-19-10-11-24(16-20(19)2)32(30,31)28-14-12-22(13-15-28)25(29)26-23(18-27(3)4)17-21-8-6-5-7-9-21/h5-11,16,22-23H,12-15,17-18H2,1-4H3,(H,26,29). The molecule has 0 aromatic heterocycles. The van der Waals surface area contributed by atoms with Crippen LogP contribution in [-0.2, 0) is 21.2 Å². The number of piperidine rings is 1. The Morgan fingerprint density at radius 2 is 1.72 bits per heavy atom. The summed E-state index contributed by atoms with van der Waals surface area (Å²) >= 11 is 0. The zero-order valence-corrected chi connectivity index (χ0v) is 20.4. The second-order valence-electron chi connectivity index (χ2n) is 9.08. The minimum absolute atomic E-state index is 0.0113. The molecule has 1 unspecified atom stereocenters. The van der Waals surface area contributed by atoms with Crippen molar-refractivity contribution in [2.24, 2.45) is 5.92 Å². The summed E-state index contributed by atoms with van der Waals surface area (Å²) in [6.07, 6.45) is 1.84. The first-order valence-corrected chi connectivity index (χ1v) is 12.7. The van der Waals surface area contributed by atoms with Crippen LogP contribution in [0.15, 0.2) is 53.4 Å². The van der Waals surface area contributed by atoms with Crippen LogP contribution >= 0.6 is 0 Å². The molecule has 0 radical (unpaired) electrons. The number of sulfonamides is 1. The molecule has 1 N–H and O–H groups in total. The fourth-order valence-electron chi connectivity index (χ4n) is 4.20. The SMILES string of the molecule is Cc1ccc(S(=O)(=O)N2CCC(C(=O)NC(Cc3ccccc3)CN(C)C)CC2)cc1C. The van der Waals surface area contributed by atoms with E-state index in [-0.39, 0.29) is 17.9 Å². The Kier molecular flexibility index (Phi) is 8.09. The number of likely N-dealkylation sites (N-methyl/N-ethyl adjacent to an activating group) is 1. The van der Waals surface area contributed by atoms with E-state index >= 15 is 0 Å². The summed E-state index contributed by atoms with van der Waals surface area (Å²) in [6.45, 7) is 5.37. The van der Waals surface area contributed by atoms with Crippen molar-refractivity contribution in [3.8, 4) is 0 Å². The van der Waals surface area contributed by atoms with Crippen molar-refractivity contribution in [1.82, 2.24) is 14.5 Å². The lowest BCUT2D eigenvalue weighted by molar-refractivity contribution is -0.126. The average Bonchev–Trinajstić information content (AvgIpc) is 2.76. The Morgan fingerprint density at radius 3 is 2.31 bits per heavy atom. The Hall–Kier alpha value is -2.22. The maximum atomic E-state index is 13.0. The van der Waals surface area contributed by atoms with Gasteiger partial charge < -0.3 is 10.2 Å². The van der Waals surface area contributed by atoms with Crippen LogP contribution in [0.25, 0.3) is 0 Å². The van der Waals surface area contributed by atoms with Gasteiger partial charge in [-0.05, 0) is 76.0 Å². The second-order valence-corrected chi connectivity index (χ2v) is 11.0. The Bertz CT molecular complexity index is 1010. The highest BCUT2D eigenvalue weighted by atomic mass is 32.2. The molecule has 3 rings (SSSR count). The highest BCUT2D eigenvalue weighted by molar-refractivity contribution is 7.89. The van der Waals surface area contributed by atoms with Crippen LogP contribution in [0.2, 0.25) is 0 Å². The number of nitrogens with zero attached hydrogens (tertiary/aromatic N) is 2. The molecule has 1 saturated heterocycles. The van der Waals surface area contributed by atoms with Crippen LogP contribution in [0, 0.1) is 19.8 Å². The van der Waals surface area contributed by atoms with Crippen molar-refractivity contribution in [2.45, 2.75) is 44.0 Å². The van der Waals surface area contributed by atoms with E-state index < -0.39 is 10.0 Å². The lowest BCUT2D eigenvalue weighted by Gasteiger charge is -2.32. The minimum Gasteiger partial charge on any atom is -0.352 e. The molecule has 1 aliphatic rings. The van der Waals surface area contributed by atoms with Gasteiger partial charge in [0.1, 0.15) is 0 Å². The van der Waals surface area contributed by atoms with Gasteiger partial charge >= 0.3 is 0 Å². The Balaban J connectivity index is 1.60. The molecule has 174 valence electrons. The van der Waals surface area contributed by atoms with Gasteiger partial charge in [0.05, 0.1) is 4.90 Å². The number of hydrogen-bond donors (Lipinski definition) is 1. The maximum Gasteiger partial charge on any atom is 0.243 e. The van der Waals surface area contributed by atoms with E-state index in [4.69, 9.17) is 0 Å². The van der Waals surface area contributed by atoms with Gasteiger partial charge in [-0.15, -0.1) is 0 Å². The third kappa shape index (κ3) is 6.18. The molecule has 0 spiro atoms. The number of carbonyl (C=O) groups excluding carboxylic acids is 1. The molecule has 2 aromatic carbocycles. The van der Waals surface area contributed by atoms with E-state index in [0.717, 1.165) is 24.1 Å². The lowest BCUT2D eigenvalue weighted by Crippen LogP contribution is -2.48. The summed E-state index contributed by atoms with van der Waals surface area (Å²) in [6, 6.07) is 15.4. The van der Waals surface area contributed by atoms with Crippen molar-refractivity contribution in [3.63, 3.8) is 0 Å². The predicted molar refractivity (Wildman–Crippen MR) is 128 cm³/mol. The second kappa shape index (κ2) is 10.6. The number of hydrogen-bond acceptors (Lipinski definition) is 4. The van der Waals surface area contributed by atoms with E-state index in [1.807, 2.05) is 52.2 Å². The smallest absolute Gasteiger partial charge is 0.243 e. The molecule has 1 fully saturated rings. The topological polar surface area (TPSA) is 69.7 Å². The first-order valence-electron chi connectivity index (χ1n) is 11.2. The van der Waals surface area contributed by atoms with Gasteiger partial charge in [0.2, 0.25) is 15.9 Å². The van der Waals surface area contributed by atoms with Crippen molar-refractivity contribution in [3.05, 3.63) is 65.2 Å². The summed E-state index contributed by atoms with van der Waals surface area (Å²) in [4.78, 5) is 15.4. The first-order chi connectivity index (χ1) is 15.2. The molecule has 0 aliphatic carbocycles. The first kappa shape index (κ1) is 24.4. The fourth-order valence-corrected chi connectivity index (χ4v) is 5.76. The lowest BCUT2D eigenvalue weighted by atomic mass is 9.96. The van der Waals surface area contributed by atoms with Crippen LogP contribution in [0.5, 0.6) is 0 Å². The number of aryl methyl sites for hydroxylation is 2. The molecule has 0 bridgehead atoms. The van der Waals surface area contributed by atoms with Crippen molar-refractivity contribution in [1.29, 1.82) is 0 Å². The molecule has 7 heteroatoms. The summed E-state index contributed by atoms with van der Waals surface area (Å²) < 4.78 is 27.6. The highest BCUT2D eigenvalue weighted by Crippen LogP contribution is 2.25. The summed E-state index contributed by atoms with van der Waals surface area (Å²) in [5.74, 6) is -0.141. The van der Waals surface area contributed by atoms with Gasteiger partial charge in [-0.25, -0.2) is 8.42 Å². The Morgan fingerprint density at radius 1 is 1.06 bits per heavy atom. The van der Waals surface area contributed by atoms with Crippen molar-refractivity contribution in [2.75, 3.05) is 33.7 Å². The van der Waals surface area contributed by atoms with Gasteiger partial charge in [0, 0.05) is 31.6 Å². The van der Waals surface area contributed by atoms with Crippen LogP contribution in [0.4, 0.5) is 0 Å². The molecule has 32 heavy (non-hydrogen) atoms. The minimum atomic E-state index is -3.54. The molecule has 0 saturated carbocycles. The van der Waals surface area contributed by atoms with E-state index in [9.17, 15) is 13.2 Å². The number of amides is 1. The number of nitrogens with one attached hydrogen (secondary N) is 1. The number of carbonyl (C=O) groups is 1. The predicted octanol–water partition coefficient (Wildman–Crippen LogP) is 2.99. The van der Waals surface area contributed by atoms with Crippen LogP contribution < -0.4 is 5.32 Å². The highest BCUT2D eigenvalue weighted by Gasteiger charge is 2.33. The van der Waals surface area contributed by atoms with Gasteiger partial charge in [0.15, 0.2) is 0 Å². The van der Waals surface area contributed by atoms with Crippen LogP contribution in [-0.4, -0.2) is 63.3 Å². The largest absolute Gasteiger partial charge is 0.352 e. The van der Waals surface area contributed by atoms with Crippen LogP contribution in [0.3, 0.4) is 0 Å². The third-order valence-electron chi connectivity index (χ3n) is 6.20. The molecule has 1 amide bonds. The quantitative estimate of drug-likeness (QED) is 0.662. The zero-order valence-electron chi connectivity index (χ0n) is 19.5. The van der Waals surface area contributed by atoms with Crippen molar-refractivity contribution < 1.29 is 13.2 Å². The monoisotopic (exact) mass is 457 g/mol. The third-order valence-corrected chi connectivity index (χ3v) is 8.09. The number of rotatable bonds is 8. The van der Waals surface area contributed by atoms with Crippen molar-refractivity contribution >= 4 is 15.9 Å². The van der Waals surface area contributed by atoms with Gasteiger partial charge in [0.25, 0.3) is 0 Å². The Labute approximate surface area is 192 Å². The molecule has 2 aromatic rings. The summed E-state index contributed by atoms with van der Waals surface area (Å²) in [5.41, 5.74) is 3.22. The van der Waals surface area contributed by atoms with Gasteiger partial charge in [-0.3, -0.25) is 4.79 Å². The zero-order chi connectivity index (χ0) is 23.3. The molecular weight excluding hydrogens is 422 g/mol. The fraction of sp³-hybridized carbons (Fsp3) is 0.480. The normalized spacial score (nSPS) is 16.8. The van der Waals surface area contributed by atoms with E-state index in [1.54, 1.807) is 12.1 Å². The molecule has 1 aliphatic heterocycles. The van der Waals surface area contributed by atoms with E-state index in [0.29, 0.717) is 30.8 Å². The maximum absolute atomic E-state index is 13.0. The van der Waals surface area contributed by atoms with Crippen LogP contribution in [0.1, 0.15) is 29.5 Å². The average molecular weight is 458 g/mol. The van der Waals surface area contributed by atoms with E-state index in [2.05, 4.69) is 22.3 Å². The summed E-state index contributed by atoms with van der Waals surface area (Å²) in [5, 5.41) is 3.22. The molecule has 1 atom stereocenters. The molecule has 6 nitrogen and oxygen atoms in total. The number of benzene rings is 2.